The fourth-order valence-electron chi connectivity index (χ4n) is 1.59. The average Bonchev–Trinajstić information content (AvgIpc) is 2.32. The molecular formula is C15H24ClNO. The maximum atomic E-state index is 6.20. The molecule has 1 rings (SSSR count). The summed E-state index contributed by atoms with van der Waals surface area (Å²) in [6.07, 6.45) is 2.19. The highest BCUT2D eigenvalue weighted by Gasteiger charge is 2.03. The molecule has 18 heavy (non-hydrogen) atoms. The molecule has 0 atom stereocenters. The Kier molecular flexibility index (Phi) is 7.14. The van der Waals surface area contributed by atoms with E-state index in [0.717, 1.165) is 38.3 Å². The number of benzene rings is 1. The Morgan fingerprint density at radius 3 is 2.72 bits per heavy atom. The second-order valence-electron chi connectivity index (χ2n) is 4.97. The van der Waals surface area contributed by atoms with Gasteiger partial charge in [0, 0.05) is 6.54 Å². The molecule has 0 aromatic heterocycles. The maximum absolute atomic E-state index is 6.20. The summed E-state index contributed by atoms with van der Waals surface area (Å²) in [5.41, 5.74) is 1.20. The summed E-state index contributed by atoms with van der Waals surface area (Å²) in [6.45, 7) is 9.15. The van der Waals surface area contributed by atoms with Gasteiger partial charge in [-0.2, -0.15) is 0 Å². The van der Waals surface area contributed by atoms with Crippen molar-refractivity contribution in [2.45, 2.75) is 40.2 Å². The minimum atomic E-state index is 0.654. The predicted octanol–water partition coefficient (Wildman–Crippen LogP) is 4.26. The van der Waals surface area contributed by atoms with E-state index in [0.29, 0.717) is 10.9 Å². The van der Waals surface area contributed by atoms with Crippen LogP contribution in [-0.4, -0.2) is 13.2 Å². The summed E-state index contributed by atoms with van der Waals surface area (Å²) in [7, 11) is 0. The van der Waals surface area contributed by atoms with Gasteiger partial charge < -0.3 is 10.1 Å². The molecule has 0 aliphatic carbocycles. The lowest BCUT2D eigenvalue weighted by molar-refractivity contribution is 0.289. The zero-order valence-electron chi connectivity index (χ0n) is 11.6. The highest BCUT2D eigenvalue weighted by atomic mass is 35.5. The molecule has 0 saturated heterocycles. The van der Waals surface area contributed by atoms with Crippen molar-refractivity contribution < 1.29 is 4.74 Å². The summed E-state index contributed by atoms with van der Waals surface area (Å²) in [6, 6.07) is 6.01. The first-order valence-electron chi connectivity index (χ1n) is 6.75. The summed E-state index contributed by atoms with van der Waals surface area (Å²) in [4.78, 5) is 0. The summed E-state index contributed by atoms with van der Waals surface area (Å²) >= 11 is 6.20. The molecule has 102 valence electrons. The van der Waals surface area contributed by atoms with Gasteiger partial charge in [0.25, 0.3) is 0 Å². The van der Waals surface area contributed by atoms with Gasteiger partial charge in [-0.25, -0.2) is 0 Å². The molecule has 0 bridgehead atoms. The maximum Gasteiger partial charge on any atom is 0.137 e. The second kappa shape index (κ2) is 8.39. The van der Waals surface area contributed by atoms with E-state index in [9.17, 15) is 0 Å². The first kappa shape index (κ1) is 15.3. The summed E-state index contributed by atoms with van der Waals surface area (Å²) in [5.74, 6) is 1.44. The van der Waals surface area contributed by atoms with Crippen molar-refractivity contribution >= 4 is 11.6 Å². The Balaban J connectivity index is 2.46. The Labute approximate surface area is 116 Å². The fraction of sp³-hybridized carbons (Fsp3) is 0.600. The third-order valence-corrected chi connectivity index (χ3v) is 3.00. The molecule has 1 aromatic carbocycles. The van der Waals surface area contributed by atoms with Crippen molar-refractivity contribution in [1.29, 1.82) is 0 Å². The Hall–Kier alpha value is -0.730. The smallest absolute Gasteiger partial charge is 0.137 e. The van der Waals surface area contributed by atoms with Crippen LogP contribution in [0.5, 0.6) is 5.75 Å². The normalized spacial score (nSPS) is 10.9. The highest BCUT2D eigenvalue weighted by Crippen LogP contribution is 2.25. The number of ether oxygens (including phenoxy) is 1. The van der Waals surface area contributed by atoms with E-state index in [4.69, 9.17) is 16.3 Å². The van der Waals surface area contributed by atoms with Crippen molar-refractivity contribution in [2.75, 3.05) is 13.2 Å². The Bertz CT molecular complexity index is 352. The van der Waals surface area contributed by atoms with Gasteiger partial charge in [0.2, 0.25) is 0 Å². The number of halogens is 1. The van der Waals surface area contributed by atoms with E-state index in [1.807, 2.05) is 12.1 Å². The lowest BCUT2D eigenvalue weighted by atomic mass is 10.1. The number of nitrogens with one attached hydrogen (secondary N) is 1. The van der Waals surface area contributed by atoms with E-state index in [2.05, 4.69) is 32.2 Å². The molecule has 0 saturated carbocycles. The largest absolute Gasteiger partial charge is 0.492 e. The molecule has 0 radical (unpaired) electrons. The van der Waals surface area contributed by atoms with Crippen molar-refractivity contribution in [3.63, 3.8) is 0 Å². The molecule has 0 spiro atoms. The van der Waals surface area contributed by atoms with Gasteiger partial charge in [-0.3, -0.25) is 0 Å². The van der Waals surface area contributed by atoms with Gasteiger partial charge in [-0.1, -0.05) is 38.4 Å². The predicted molar refractivity (Wildman–Crippen MR) is 78.4 cm³/mol. The SMILES string of the molecule is CCCNCc1ccc(OCCC(C)C)c(Cl)c1. The standard InChI is InChI=1S/C15H24ClNO/c1-4-8-17-11-13-5-6-15(14(16)10-13)18-9-7-12(2)3/h5-6,10,12,17H,4,7-9,11H2,1-3H3. The van der Waals surface area contributed by atoms with Crippen LogP contribution in [0.3, 0.4) is 0 Å². The van der Waals surface area contributed by atoms with Crippen molar-refractivity contribution in [3.8, 4) is 5.75 Å². The molecule has 0 aliphatic heterocycles. The van der Waals surface area contributed by atoms with Crippen LogP contribution < -0.4 is 10.1 Å². The van der Waals surface area contributed by atoms with Crippen LogP contribution in [0.25, 0.3) is 0 Å². The third-order valence-electron chi connectivity index (χ3n) is 2.70. The third kappa shape index (κ3) is 5.74. The summed E-state index contributed by atoms with van der Waals surface area (Å²) in [5, 5.41) is 4.06. The van der Waals surface area contributed by atoms with Gasteiger partial charge in [0.1, 0.15) is 5.75 Å². The van der Waals surface area contributed by atoms with Crippen molar-refractivity contribution in [2.24, 2.45) is 5.92 Å². The Morgan fingerprint density at radius 2 is 2.11 bits per heavy atom. The molecule has 0 amide bonds. The van der Waals surface area contributed by atoms with Crippen LogP contribution in [0.2, 0.25) is 5.02 Å². The fourth-order valence-corrected chi connectivity index (χ4v) is 1.84. The van der Waals surface area contributed by atoms with Gasteiger partial charge in [-0.15, -0.1) is 0 Å². The van der Waals surface area contributed by atoms with Crippen LogP contribution in [0.15, 0.2) is 18.2 Å². The van der Waals surface area contributed by atoms with Crippen LogP contribution in [-0.2, 0) is 6.54 Å². The first-order valence-corrected chi connectivity index (χ1v) is 7.13. The van der Waals surface area contributed by atoms with Crippen molar-refractivity contribution in [1.82, 2.24) is 5.32 Å². The van der Waals surface area contributed by atoms with E-state index in [-0.39, 0.29) is 0 Å². The quantitative estimate of drug-likeness (QED) is 0.712. The van der Waals surface area contributed by atoms with Crippen LogP contribution >= 0.6 is 11.6 Å². The molecule has 1 N–H and O–H groups in total. The number of rotatable bonds is 8. The van der Waals surface area contributed by atoms with E-state index in [1.54, 1.807) is 0 Å². The molecule has 0 fully saturated rings. The molecule has 0 heterocycles. The van der Waals surface area contributed by atoms with E-state index in [1.165, 1.54) is 5.56 Å². The lowest BCUT2D eigenvalue weighted by Crippen LogP contribution is -2.13. The molecule has 0 aliphatic rings. The second-order valence-corrected chi connectivity index (χ2v) is 5.38. The zero-order chi connectivity index (χ0) is 13.4. The first-order chi connectivity index (χ1) is 8.63. The molecule has 0 unspecified atom stereocenters. The van der Waals surface area contributed by atoms with E-state index >= 15 is 0 Å². The minimum Gasteiger partial charge on any atom is -0.492 e. The molecule has 3 heteroatoms. The number of hydrogen-bond donors (Lipinski definition) is 1. The molecular weight excluding hydrogens is 246 g/mol. The number of hydrogen-bond acceptors (Lipinski definition) is 2. The van der Waals surface area contributed by atoms with Gasteiger partial charge in [0.15, 0.2) is 0 Å². The molecule has 2 nitrogen and oxygen atoms in total. The molecule has 1 aromatic rings. The van der Waals surface area contributed by atoms with E-state index < -0.39 is 0 Å². The van der Waals surface area contributed by atoms with Gasteiger partial charge in [-0.05, 0) is 43.0 Å². The zero-order valence-corrected chi connectivity index (χ0v) is 12.4. The van der Waals surface area contributed by atoms with Crippen molar-refractivity contribution in [3.05, 3.63) is 28.8 Å². The lowest BCUT2D eigenvalue weighted by Gasteiger charge is -2.11. The highest BCUT2D eigenvalue weighted by molar-refractivity contribution is 6.32. The van der Waals surface area contributed by atoms with Gasteiger partial charge >= 0.3 is 0 Å². The monoisotopic (exact) mass is 269 g/mol. The average molecular weight is 270 g/mol. The minimum absolute atomic E-state index is 0.654. The van der Waals surface area contributed by atoms with Crippen LogP contribution in [0.4, 0.5) is 0 Å². The summed E-state index contributed by atoms with van der Waals surface area (Å²) < 4.78 is 5.68. The van der Waals surface area contributed by atoms with Crippen LogP contribution in [0, 0.1) is 5.92 Å². The Morgan fingerprint density at radius 1 is 1.33 bits per heavy atom. The topological polar surface area (TPSA) is 21.3 Å². The van der Waals surface area contributed by atoms with Gasteiger partial charge in [0.05, 0.1) is 11.6 Å². The van der Waals surface area contributed by atoms with Crippen LogP contribution in [0.1, 0.15) is 39.2 Å².